The van der Waals surface area contributed by atoms with Gasteiger partial charge in [0.1, 0.15) is 0 Å². The predicted molar refractivity (Wildman–Crippen MR) is 60.0 cm³/mol. The van der Waals surface area contributed by atoms with E-state index in [-0.39, 0.29) is 0 Å². The number of allylic oxidation sites excluding steroid dienone is 2. The van der Waals surface area contributed by atoms with E-state index in [1.165, 1.54) is 0 Å². The van der Waals surface area contributed by atoms with Crippen molar-refractivity contribution in [2.24, 2.45) is 0 Å². The molecule has 0 bridgehead atoms. The van der Waals surface area contributed by atoms with Crippen LogP contribution in [0.4, 0.5) is 70.2 Å². The number of rotatable bonds is 9. The predicted octanol–water partition coefficient (Wildman–Crippen LogP) is 6.44. The summed E-state index contributed by atoms with van der Waals surface area (Å²) < 4.78 is 208. The van der Waals surface area contributed by atoms with Crippen LogP contribution in [0.2, 0.25) is 0 Å². The summed E-state index contributed by atoms with van der Waals surface area (Å²) in [6.45, 7) is 3.63. The lowest BCUT2D eigenvalue weighted by Gasteiger charge is -2.43. The van der Waals surface area contributed by atoms with Gasteiger partial charge in [-0.05, 0) is 12.2 Å². The van der Waals surface area contributed by atoms with Gasteiger partial charge in [0.2, 0.25) is 0 Å². The zero-order valence-electron chi connectivity index (χ0n) is 12.6. The molecule has 0 saturated heterocycles. The Morgan fingerprint density at radius 2 is 0.464 bits per heavy atom. The number of hydrogen-bond donors (Lipinski definition) is 0. The van der Waals surface area contributed by atoms with E-state index in [2.05, 4.69) is 0 Å². The summed E-state index contributed by atoms with van der Waals surface area (Å²) in [7, 11) is 0. The molecule has 0 aliphatic carbocycles. The lowest BCUT2D eigenvalue weighted by atomic mass is 9.87. The molecule has 28 heavy (non-hydrogen) atoms. The SMILES string of the molecule is C=CC(F)(F)C(F)(F)C(F)(F)C(F)(F)C(F)(F)C(F)(F)C(F)(F)C(F)(F)C=C. The van der Waals surface area contributed by atoms with Gasteiger partial charge in [-0.3, -0.25) is 0 Å². The Morgan fingerprint density at radius 3 is 0.607 bits per heavy atom. The van der Waals surface area contributed by atoms with E-state index >= 15 is 0 Å². The second-order valence-electron chi connectivity index (χ2n) is 5.10. The molecule has 0 nitrogen and oxygen atoms in total. The van der Waals surface area contributed by atoms with E-state index in [0.29, 0.717) is 0 Å². The molecular formula is C12H6F16. The molecule has 0 aromatic heterocycles. The van der Waals surface area contributed by atoms with Crippen molar-refractivity contribution in [3.05, 3.63) is 25.3 Å². The van der Waals surface area contributed by atoms with Crippen LogP contribution in [0.1, 0.15) is 0 Å². The quantitative estimate of drug-likeness (QED) is 0.278. The van der Waals surface area contributed by atoms with Crippen LogP contribution < -0.4 is 0 Å². The van der Waals surface area contributed by atoms with Crippen LogP contribution in [0.5, 0.6) is 0 Å². The van der Waals surface area contributed by atoms with Gasteiger partial charge in [-0.25, -0.2) is 0 Å². The third kappa shape index (κ3) is 2.93. The van der Waals surface area contributed by atoms with Gasteiger partial charge in [0, 0.05) is 0 Å². The molecule has 0 rings (SSSR count). The van der Waals surface area contributed by atoms with Crippen LogP contribution in [0.3, 0.4) is 0 Å². The lowest BCUT2D eigenvalue weighted by Crippen LogP contribution is -2.74. The van der Waals surface area contributed by atoms with Crippen LogP contribution in [0.15, 0.2) is 25.3 Å². The van der Waals surface area contributed by atoms with E-state index in [1.54, 1.807) is 0 Å². The molecule has 0 radical (unpaired) electrons. The molecule has 0 aromatic carbocycles. The van der Waals surface area contributed by atoms with Gasteiger partial charge in [0.15, 0.2) is 0 Å². The smallest absolute Gasteiger partial charge is 0.195 e. The minimum absolute atomic E-state index is 1.45. The Bertz CT molecular complexity index is 559. The van der Waals surface area contributed by atoms with Crippen molar-refractivity contribution in [2.45, 2.75) is 47.4 Å². The minimum Gasteiger partial charge on any atom is -0.195 e. The second kappa shape index (κ2) is 6.43. The molecule has 0 aromatic rings. The van der Waals surface area contributed by atoms with Gasteiger partial charge >= 0.3 is 47.4 Å². The molecule has 0 saturated carbocycles. The Balaban J connectivity index is 6.77. The van der Waals surface area contributed by atoms with E-state index in [9.17, 15) is 70.2 Å². The normalized spacial score (nSPS) is 16.1. The first-order valence-corrected chi connectivity index (χ1v) is 6.17. The summed E-state index contributed by atoms with van der Waals surface area (Å²) in [5.74, 6) is -61.2. The minimum atomic E-state index is -8.40. The molecule has 0 fully saturated rings. The van der Waals surface area contributed by atoms with Crippen molar-refractivity contribution < 1.29 is 70.2 Å². The van der Waals surface area contributed by atoms with Crippen molar-refractivity contribution in [3.8, 4) is 0 Å². The summed E-state index contributed by atoms with van der Waals surface area (Å²) in [6.07, 6.45) is -2.90. The summed E-state index contributed by atoms with van der Waals surface area (Å²) >= 11 is 0. The monoisotopic (exact) mass is 454 g/mol. The fraction of sp³-hybridized carbons (Fsp3) is 0.667. The fourth-order valence-corrected chi connectivity index (χ4v) is 1.46. The maximum absolute atomic E-state index is 13.2. The molecule has 0 atom stereocenters. The number of alkyl halides is 16. The van der Waals surface area contributed by atoms with Crippen LogP contribution in [0.25, 0.3) is 0 Å². The molecule has 0 spiro atoms. The Hall–Kier alpha value is -1.64. The first-order chi connectivity index (χ1) is 11.9. The summed E-state index contributed by atoms with van der Waals surface area (Å²) in [4.78, 5) is 0. The Morgan fingerprint density at radius 1 is 0.321 bits per heavy atom. The molecule has 0 unspecified atom stereocenters. The maximum Gasteiger partial charge on any atom is 0.385 e. The average molecular weight is 454 g/mol. The van der Waals surface area contributed by atoms with Gasteiger partial charge in [0.25, 0.3) is 0 Å². The summed E-state index contributed by atoms with van der Waals surface area (Å²) in [5.41, 5.74) is 0. The molecule has 0 heterocycles. The van der Waals surface area contributed by atoms with Crippen molar-refractivity contribution in [3.63, 3.8) is 0 Å². The third-order valence-electron chi connectivity index (χ3n) is 3.32. The van der Waals surface area contributed by atoms with Gasteiger partial charge in [0.05, 0.1) is 0 Å². The van der Waals surface area contributed by atoms with Gasteiger partial charge < -0.3 is 0 Å². The zero-order valence-corrected chi connectivity index (χ0v) is 12.6. The number of halogens is 16. The molecule has 0 aliphatic heterocycles. The molecule has 0 aliphatic rings. The molecular weight excluding hydrogens is 448 g/mol. The second-order valence-corrected chi connectivity index (χ2v) is 5.10. The lowest BCUT2D eigenvalue weighted by molar-refractivity contribution is -0.448. The summed E-state index contributed by atoms with van der Waals surface area (Å²) in [6, 6.07) is 0. The van der Waals surface area contributed by atoms with Crippen molar-refractivity contribution in [1.82, 2.24) is 0 Å². The van der Waals surface area contributed by atoms with Crippen molar-refractivity contribution in [2.75, 3.05) is 0 Å². The zero-order chi connectivity index (χ0) is 23.4. The first kappa shape index (κ1) is 26.4. The molecule has 166 valence electrons. The largest absolute Gasteiger partial charge is 0.385 e. The van der Waals surface area contributed by atoms with Gasteiger partial charge in [-0.2, -0.15) is 70.2 Å². The van der Waals surface area contributed by atoms with Crippen molar-refractivity contribution in [1.29, 1.82) is 0 Å². The van der Waals surface area contributed by atoms with Crippen molar-refractivity contribution >= 4 is 0 Å². The topological polar surface area (TPSA) is 0 Å². The highest BCUT2D eigenvalue weighted by Crippen LogP contribution is 2.63. The van der Waals surface area contributed by atoms with E-state index < -0.39 is 59.5 Å². The Kier molecular flexibility index (Phi) is 6.06. The molecule has 0 N–H and O–H groups in total. The van der Waals surface area contributed by atoms with E-state index in [4.69, 9.17) is 0 Å². The standard InChI is InChI=1S/C12H6F16/c1-3-5(13,14)7(17,18)9(21,22)11(25,26)12(27,28)10(23,24)8(19,20)6(15,16)4-2/h3-4H,1-2H2. The third-order valence-corrected chi connectivity index (χ3v) is 3.32. The van der Waals surface area contributed by atoms with Crippen LogP contribution in [-0.2, 0) is 0 Å². The van der Waals surface area contributed by atoms with E-state index in [1.807, 2.05) is 13.2 Å². The average Bonchev–Trinajstić information content (AvgIpc) is 2.53. The van der Waals surface area contributed by atoms with Crippen LogP contribution in [-0.4, -0.2) is 47.4 Å². The van der Waals surface area contributed by atoms with Crippen LogP contribution >= 0.6 is 0 Å². The Labute approximate surface area is 144 Å². The summed E-state index contributed by atoms with van der Waals surface area (Å²) in [5, 5.41) is 0. The highest BCUT2D eigenvalue weighted by atomic mass is 19.4. The maximum atomic E-state index is 13.2. The molecule has 16 heteroatoms. The van der Waals surface area contributed by atoms with Gasteiger partial charge in [-0.15, -0.1) is 0 Å². The fourth-order valence-electron chi connectivity index (χ4n) is 1.46. The number of hydrogen-bond acceptors (Lipinski definition) is 0. The van der Waals surface area contributed by atoms with Gasteiger partial charge in [-0.1, -0.05) is 13.2 Å². The highest BCUT2D eigenvalue weighted by molar-refractivity contribution is 5.19. The molecule has 0 amide bonds. The highest BCUT2D eigenvalue weighted by Gasteiger charge is 2.94. The van der Waals surface area contributed by atoms with E-state index in [0.717, 1.165) is 0 Å². The first-order valence-electron chi connectivity index (χ1n) is 6.17. The van der Waals surface area contributed by atoms with Crippen LogP contribution in [0, 0.1) is 0 Å².